The average Bonchev–Trinajstić information content (AvgIpc) is 1.88. The molecule has 0 amide bonds. The molecule has 0 saturated carbocycles. The molecule has 0 saturated heterocycles. The zero-order valence-electron chi connectivity index (χ0n) is 4.98. The third-order valence-electron chi connectivity index (χ3n) is 0.973. The van der Waals surface area contributed by atoms with Crippen LogP contribution in [0.1, 0.15) is 0 Å². The number of aliphatic carboxylic acids is 1. The van der Waals surface area contributed by atoms with Crippen molar-refractivity contribution in [1.29, 1.82) is 0 Å². The predicted molar refractivity (Wildman–Crippen MR) is 33.4 cm³/mol. The third kappa shape index (κ3) is 1.32. The van der Waals surface area contributed by atoms with E-state index in [2.05, 4.69) is 10.5 Å². The van der Waals surface area contributed by atoms with E-state index in [0.717, 1.165) is 0 Å². The molecule has 54 valence electrons. The molecule has 0 radical (unpaired) electrons. The van der Waals surface area contributed by atoms with Crippen LogP contribution in [-0.4, -0.2) is 28.1 Å². The Morgan fingerprint density at radius 2 is 2.50 bits per heavy atom. The number of aliphatic hydroxyl groups is 1. The Kier molecular flexibility index (Phi) is 1.68. The molecule has 0 spiro atoms. The van der Waals surface area contributed by atoms with Crippen molar-refractivity contribution in [2.45, 2.75) is 6.23 Å². The molecular formula is C5H6N2O3. The molecule has 1 rings (SSSR count). The fourth-order valence-corrected chi connectivity index (χ4v) is 0.517. The van der Waals surface area contributed by atoms with Crippen molar-refractivity contribution in [3.8, 4) is 0 Å². The summed E-state index contributed by atoms with van der Waals surface area (Å²) in [4.78, 5) is 10.2. The van der Waals surface area contributed by atoms with Crippen LogP contribution in [0.15, 0.2) is 17.3 Å². The fourth-order valence-electron chi connectivity index (χ4n) is 0.517. The van der Waals surface area contributed by atoms with E-state index in [-0.39, 0.29) is 5.71 Å². The predicted octanol–water partition coefficient (Wildman–Crippen LogP) is -1.10. The van der Waals surface area contributed by atoms with E-state index in [1.165, 1.54) is 12.2 Å². The second kappa shape index (κ2) is 2.49. The molecule has 0 bridgehead atoms. The molecule has 1 heterocycles. The number of hydrazone groups is 1. The summed E-state index contributed by atoms with van der Waals surface area (Å²) in [6.07, 6.45) is 1.67. The highest BCUT2D eigenvalue weighted by atomic mass is 16.4. The maximum absolute atomic E-state index is 10.2. The lowest BCUT2D eigenvalue weighted by Gasteiger charge is -2.08. The Labute approximate surface area is 56.7 Å². The minimum atomic E-state index is -1.12. The topological polar surface area (TPSA) is 81.9 Å². The highest BCUT2D eigenvalue weighted by molar-refractivity contribution is 6.40. The third-order valence-corrected chi connectivity index (χ3v) is 0.973. The number of carboxylic acid groups (broad SMARTS) is 1. The summed E-state index contributed by atoms with van der Waals surface area (Å²) < 4.78 is 0. The zero-order valence-corrected chi connectivity index (χ0v) is 4.98. The first-order valence-electron chi connectivity index (χ1n) is 2.63. The van der Waals surface area contributed by atoms with E-state index >= 15 is 0 Å². The number of aliphatic hydroxyl groups excluding tert-OH is 1. The summed E-state index contributed by atoms with van der Waals surface area (Å²) in [5.41, 5.74) is 2.08. The lowest BCUT2D eigenvalue weighted by molar-refractivity contribution is -0.129. The molecule has 0 fully saturated rings. The number of nitrogens with one attached hydrogen (secondary N) is 1. The molecule has 10 heavy (non-hydrogen) atoms. The van der Waals surface area contributed by atoms with Crippen molar-refractivity contribution in [2.24, 2.45) is 5.10 Å². The highest BCUT2D eigenvalue weighted by Gasteiger charge is 2.10. The van der Waals surface area contributed by atoms with Gasteiger partial charge in [0.05, 0.1) is 0 Å². The molecule has 5 nitrogen and oxygen atoms in total. The highest BCUT2D eigenvalue weighted by Crippen LogP contribution is 1.91. The van der Waals surface area contributed by atoms with Gasteiger partial charge in [-0.15, -0.1) is 0 Å². The van der Waals surface area contributed by atoms with Crippen LogP contribution < -0.4 is 5.43 Å². The first kappa shape index (κ1) is 6.76. The lowest BCUT2D eigenvalue weighted by Crippen LogP contribution is -2.28. The summed E-state index contributed by atoms with van der Waals surface area (Å²) in [5.74, 6) is -1.12. The summed E-state index contributed by atoms with van der Waals surface area (Å²) >= 11 is 0. The van der Waals surface area contributed by atoms with Gasteiger partial charge in [-0.3, -0.25) is 5.43 Å². The van der Waals surface area contributed by atoms with Crippen LogP contribution in [0.4, 0.5) is 0 Å². The lowest BCUT2D eigenvalue weighted by atomic mass is 10.3. The summed E-state index contributed by atoms with van der Waals surface area (Å²) in [6.45, 7) is 0. The van der Waals surface area contributed by atoms with Gasteiger partial charge in [-0.25, -0.2) is 4.79 Å². The van der Waals surface area contributed by atoms with Gasteiger partial charge in [-0.05, 0) is 12.2 Å². The molecule has 0 aliphatic carbocycles. The Hall–Kier alpha value is -1.36. The van der Waals surface area contributed by atoms with Crippen LogP contribution in [0.5, 0.6) is 0 Å². The van der Waals surface area contributed by atoms with Crippen LogP contribution >= 0.6 is 0 Å². The van der Waals surface area contributed by atoms with Gasteiger partial charge in [-0.2, -0.15) is 5.10 Å². The number of carbonyl (C=O) groups is 1. The summed E-state index contributed by atoms with van der Waals surface area (Å²) in [6, 6.07) is 0. The second-order valence-electron chi connectivity index (χ2n) is 1.74. The van der Waals surface area contributed by atoms with Gasteiger partial charge in [-0.1, -0.05) is 0 Å². The first-order chi connectivity index (χ1) is 4.70. The molecule has 0 aromatic heterocycles. The molecule has 1 unspecified atom stereocenters. The van der Waals surface area contributed by atoms with Gasteiger partial charge in [0, 0.05) is 0 Å². The van der Waals surface area contributed by atoms with Gasteiger partial charge < -0.3 is 10.2 Å². The van der Waals surface area contributed by atoms with E-state index in [9.17, 15) is 4.79 Å². The number of carboxylic acids is 1. The number of hydrogen-bond donors (Lipinski definition) is 3. The van der Waals surface area contributed by atoms with Gasteiger partial charge >= 0.3 is 5.97 Å². The molecule has 0 aromatic carbocycles. The Morgan fingerprint density at radius 1 is 1.80 bits per heavy atom. The van der Waals surface area contributed by atoms with Gasteiger partial charge in [0.1, 0.15) is 0 Å². The van der Waals surface area contributed by atoms with Gasteiger partial charge in [0.15, 0.2) is 11.9 Å². The average molecular weight is 142 g/mol. The molecule has 3 N–H and O–H groups in total. The Morgan fingerprint density at radius 3 is 2.90 bits per heavy atom. The maximum Gasteiger partial charge on any atom is 0.356 e. The van der Waals surface area contributed by atoms with Crippen molar-refractivity contribution in [3.63, 3.8) is 0 Å². The van der Waals surface area contributed by atoms with Gasteiger partial charge in [0.25, 0.3) is 0 Å². The van der Waals surface area contributed by atoms with Gasteiger partial charge in [0.2, 0.25) is 0 Å². The second-order valence-corrected chi connectivity index (χ2v) is 1.74. The van der Waals surface area contributed by atoms with Crippen molar-refractivity contribution in [1.82, 2.24) is 5.43 Å². The van der Waals surface area contributed by atoms with Crippen LogP contribution in [0, 0.1) is 0 Å². The number of hydrogen-bond acceptors (Lipinski definition) is 4. The quantitative estimate of drug-likeness (QED) is 0.434. The molecular weight excluding hydrogens is 136 g/mol. The summed E-state index contributed by atoms with van der Waals surface area (Å²) in [7, 11) is 0. The van der Waals surface area contributed by atoms with Crippen LogP contribution in [-0.2, 0) is 4.79 Å². The molecule has 5 heteroatoms. The number of rotatable bonds is 1. The molecule has 1 aliphatic rings. The minimum Gasteiger partial charge on any atom is -0.476 e. The van der Waals surface area contributed by atoms with Crippen LogP contribution in [0.3, 0.4) is 0 Å². The molecule has 1 atom stereocenters. The first-order valence-corrected chi connectivity index (χ1v) is 2.63. The van der Waals surface area contributed by atoms with Crippen molar-refractivity contribution < 1.29 is 15.0 Å². The van der Waals surface area contributed by atoms with Crippen molar-refractivity contribution in [2.75, 3.05) is 0 Å². The smallest absolute Gasteiger partial charge is 0.356 e. The van der Waals surface area contributed by atoms with E-state index in [1.54, 1.807) is 0 Å². The van der Waals surface area contributed by atoms with E-state index in [0.29, 0.717) is 0 Å². The van der Waals surface area contributed by atoms with Crippen LogP contribution in [0.25, 0.3) is 0 Å². The van der Waals surface area contributed by atoms with E-state index in [1.807, 2.05) is 0 Å². The molecule has 1 aliphatic heterocycles. The van der Waals surface area contributed by atoms with Crippen molar-refractivity contribution >= 4 is 11.7 Å². The standard InChI is InChI=1S/C5H6N2O3/c8-4-2-1-3(5(9)10)6-7-4/h1-2,4,7-8H,(H,9,10). The van der Waals surface area contributed by atoms with E-state index in [4.69, 9.17) is 10.2 Å². The minimum absolute atomic E-state index is 0.106. The zero-order chi connectivity index (χ0) is 7.56. The van der Waals surface area contributed by atoms with Crippen LogP contribution in [0.2, 0.25) is 0 Å². The van der Waals surface area contributed by atoms with E-state index < -0.39 is 12.2 Å². The summed E-state index contributed by atoms with van der Waals surface area (Å²) in [5, 5.41) is 20.4. The Balaban J connectivity index is 2.67. The fraction of sp³-hybridized carbons (Fsp3) is 0.200. The largest absolute Gasteiger partial charge is 0.476 e. The monoisotopic (exact) mass is 142 g/mol. The maximum atomic E-state index is 10.2. The SMILES string of the molecule is O=C(O)C1=NNC(O)C=C1. The van der Waals surface area contributed by atoms with Crippen molar-refractivity contribution in [3.05, 3.63) is 12.2 Å². The number of nitrogens with zero attached hydrogens (tertiary/aromatic N) is 1. The Bertz CT molecular complexity index is 209. The normalized spacial score (nSPS) is 23.3. The molecule has 0 aromatic rings.